The van der Waals surface area contributed by atoms with Gasteiger partial charge in [0.15, 0.2) is 0 Å². The predicted octanol–water partition coefficient (Wildman–Crippen LogP) is 6.88. The zero-order valence-corrected chi connectivity index (χ0v) is 18.0. The number of carbonyl (C=O) groups excluding carboxylic acids is 1. The first-order valence-corrected chi connectivity index (χ1v) is 10.6. The van der Waals surface area contributed by atoms with Gasteiger partial charge in [-0.1, -0.05) is 35.3 Å². The molecule has 1 amide bonds. The van der Waals surface area contributed by atoms with Crippen molar-refractivity contribution in [3.8, 4) is 5.75 Å². The Kier molecular flexibility index (Phi) is 7.91. The summed E-state index contributed by atoms with van der Waals surface area (Å²) < 4.78 is 16.2. The van der Waals surface area contributed by atoms with Gasteiger partial charge in [0.1, 0.15) is 23.9 Å². The van der Waals surface area contributed by atoms with Crippen LogP contribution in [0.2, 0.25) is 10.0 Å². The van der Waals surface area contributed by atoms with E-state index in [1.807, 2.05) is 25.1 Å². The van der Waals surface area contributed by atoms with Crippen LogP contribution < -0.4 is 10.1 Å². The third kappa shape index (κ3) is 6.19. The Morgan fingerprint density at radius 1 is 1.24 bits per heavy atom. The van der Waals surface area contributed by atoms with E-state index >= 15 is 0 Å². The lowest BCUT2D eigenvalue weighted by molar-refractivity contribution is 0.104. The maximum Gasteiger partial charge on any atom is 0.412 e. The van der Waals surface area contributed by atoms with Gasteiger partial charge in [0, 0.05) is 11.8 Å². The minimum atomic E-state index is -0.420. The Morgan fingerprint density at radius 3 is 2.90 bits per heavy atom. The second kappa shape index (κ2) is 10.6. The number of hydrogen-bond donors (Lipinski definition) is 1. The van der Waals surface area contributed by atoms with Crippen molar-refractivity contribution in [2.75, 3.05) is 11.9 Å². The van der Waals surface area contributed by atoms with Gasteiger partial charge in [0.2, 0.25) is 0 Å². The molecule has 0 saturated carbocycles. The Labute approximate surface area is 183 Å². The van der Waals surface area contributed by atoms with Crippen LogP contribution in [0.4, 0.5) is 10.5 Å². The zero-order valence-electron chi connectivity index (χ0n) is 15.7. The van der Waals surface area contributed by atoms with E-state index in [0.29, 0.717) is 29.5 Å². The number of anilines is 1. The monoisotopic (exact) mass is 454 g/mol. The third-order valence-corrected chi connectivity index (χ3v) is 5.46. The quantitative estimate of drug-likeness (QED) is 0.193. The van der Waals surface area contributed by atoms with Crippen molar-refractivity contribution >= 4 is 53.2 Å². The first-order valence-electron chi connectivity index (χ1n) is 9.11. The molecular weight excluding hydrogens is 435 g/mol. The number of amides is 1. The van der Waals surface area contributed by atoms with Gasteiger partial charge >= 0.3 is 6.09 Å². The average molecular weight is 455 g/mol. The summed E-state index contributed by atoms with van der Waals surface area (Å²) >= 11 is 12.9. The fourth-order valence-corrected chi connectivity index (χ4v) is 3.53. The SMILES string of the molecule is CCC1OC(=O)Nc2ccc(OCCCC=NOSc3ccc(Cl)c(Cl)c3)cc21. The molecule has 0 radical (unpaired) electrons. The third-order valence-electron chi connectivity index (χ3n) is 4.12. The predicted molar refractivity (Wildman–Crippen MR) is 116 cm³/mol. The first kappa shape index (κ1) is 21.6. The largest absolute Gasteiger partial charge is 0.494 e. The minimum Gasteiger partial charge on any atom is -0.494 e. The van der Waals surface area contributed by atoms with E-state index in [-0.39, 0.29) is 6.10 Å². The van der Waals surface area contributed by atoms with Crippen LogP contribution in [-0.4, -0.2) is 18.9 Å². The summed E-state index contributed by atoms with van der Waals surface area (Å²) in [7, 11) is 0. The van der Waals surface area contributed by atoms with E-state index < -0.39 is 6.09 Å². The molecule has 0 saturated heterocycles. The zero-order chi connectivity index (χ0) is 20.6. The van der Waals surface area contributed by atoms with Crippen LogP contribution >= 0.6 is 35.2 Å². The highest BCUT2D eigenvalue weighted by atomic mass is 35.5. The van der Waals surface area contributed by atoms with E-state index in [9.17, 15) is 4.79 Å². The van der Waals surface area contributed by atoms with Gasteiger partial charge in [-0.15, -0.1) is 0 Å². The number of cyclic esters (lactones) is 1. The maximum absolute atomic E-state index is 11.5. The molecule has 2 aromatic carbocycles. The molecular formula is C20H20Cl2N2O4S. The summed E-state index contributed by atoms with van der Waals surface area (Å²) in [6.07, 6.45) is 3.23. The van der Waals surface area contributed by atoms with Crippen LogP contribution in [0, 0.1) is 0 Å². The average Bonchev–Trinajstić information content (AvgIpc) is 2.72. The molecule has 29 heavy (non-hydrogen) atoms. The fourth-order valence-electron chi connectivity index (χ4n) is 2.69. The van der Waals surface area contributed by atoms with Gasteiger partial charge < -0.3 is 13.8 Å². The smallest absolute Gasteiger partial charge is 0.412 e. The van der Waals surface area contributed by atoms with Crippen molar-refractivity contribution in [1.82, 2.24) is 0 Å². The molecule has 9 heteroatoms. The van der Waals surface area contributed by atoms with Crippen LogP contribution in [0.5, 0.6) is 5.75 Å². The molecule has 1 heterocycles. The summed E-state index contributed by atoms with van der Waals surface area (Å²) in [4.78, 5) is 12.3. The van der Waals surface area contributed by atoms with Crippen molar-refractivity contribution in [2.45, 2.75) is 37.2 Å². The molecule has 1 aliphatic rings. The van der Waals surface area contributed by atoms with Gasteiger partial charge in [0.25, 0.3) is 0 Å². The summed E-state index contributed by atoms with van der Waals surface area (Å²) in [6, 6.07) is 10.8. The molecule has 0 aromatic heterocycles. The summed E-state index contributed by atoms with van der Waals surface area (Å²) in [5.41, 5.74) is 1.70. The van der Waals surface area contributed by atoms with E-state index in [0.717, 1.165) is 40.4 Å². The number of nitrogens with one attached hydrogen (secondary N) is 1. The number of fused-ring (bicyclic) bond motifs is 1. The number of benzene rings is 2. The number of rotatable bonds is 9. The van der Waals surface area contributed by atoms with Crippen molar-refractivity contribution < 1.29 is 18.6 Å². The summed E-state index contributed by atoms with van der Waals surface area (Å²) in [6.45, 7) is 2.51. The van der Waals surface area contributed by atoms with E-state index in [1.165, 1.54) is 0 Å². The molecule has 6 nitrogen and oxygen atoms in total. The second-order valence-corrected chi connectivity index (χ2v) is 7.79. The number of unbranched alkanes of at least 4 members (excludes halogenated alkanes) is 1. The minimum absolute atomic E-state index is 0.250. The summed E-state index contributed by atoms with van der Waals surface area (Å²) in [5, 5.41) is 7.58. The normalized spacial score (nSPS) is 15.6. The van der Waals surface area contributed by atoms with Gasteiger partial charge in [0.05, 0.1) is 27.2 Å². The molecule has 0 spiro atoms. The second-order valence-electron chi connectivity index (χ2n) is 6.19. The van der Waals surface area contributed by atoms with E-state index in [2.05, 4.69) is 10.5 Å². The summed E-state index contributed by atoms with van der Waals surface area (Å²) in [5.74, 6) is 0.741. The standard InChI is InChI=1S/C20H20Cl2N2O4S/c1-2-19-15-11-13(5-8-18(15)24-20(25)27-19)26-10-4-3-9-23-28-29-14-6-7-16(21)17(22)12-14/h5-9,11-12,19H,2-4,10H2,1H3,(H,24,25). The van der Waals surface area contributed by atoms with Crippen molar-refractivity contribution in [1.29, 1.82) is 0 Å². The molecule has 2 aromatic rings. The number of carbonyl (C=O) groups is 1. The molecule has 0 bridgehead atoms. The van der Waals surface area contributed by atoms with Gasteiger partial charge in [-0.3, -0.25) is 5.32 Å². The first-order chi connectivity index (χ1) is 14.1. The maximum atomic E-state index is 11.5. The lowest BCUT2D eigenvalue weighted by Crippen LogP contribution is -2.24. The molecule has 0 fully saturated rings. The van der Waals surface area contributed by atoms with Crippen molar-refractivity contribution in [3.05, 3.63) is 52.0 Å². The molecule has 1 aliphatic heterocycles. The number of halogens is 2. The molecule has 154 valence electrons. The highest BCUT2D eigenvalue weighted by Gasteiger charge is 2.25. The van der Waals surface area contributed by atoms with Crippen molar-refractivity contribution in [3.63, 3.8) is 0 Å². The number of nitrogens with zero attached hydrogens (tertiary/aromatic N) is 1. The van der Waals surface area contributed by atoms with E-state index in [4.69, 9.17) is 37.0 Å². The highest BCUT2D eigenvalue weighted by molar-refractivity contribution is 7.94. The van der Waals surface area contributed by atoms with Gasteiger partial charge in [-0.25, -0.2) is 4.79 Å². The Bertz CT molecular complexity index is 895. The highest BCUT2D eigenvalue weighted by Crippen LogP contribution is 2.35. The van der Waals surface area contributed by atoms with E-state index in [1.54, 1.807) is 24.4 Å². The molecule has 0 aliphatic carbocycles. The van der Waals surface area contributed by atoms with Crippen LogP contribution in [0.15, 0.2) is 46.4 Å². The van der Waals surface area contributed by atoms with Crippen LogP contribution in [0.3, 0.4) is 0 Å². The Hall–Kier alpha value is -2.09. The van der Waals surface area contributed by atoms with Gasteiger partial charge in [-0.2, -0.15) is 0 Å². The van der Waals surface area contributed by atoms with Crippen LogP contribution in [0.1, 0.15) is 37.9 Å². The Morgan fingerprint density at radius 2 is 2.10 bits per heavy atom. The lowest BCUT2D eigenvalue weighted by atomic mass is 10.0. The van der Waals surface area contributed by atoms with Crippen molar-refractivity contribution in [2.24, 2.45) is 5.16 Å². The number of ether oxygens (including phenoxy) is 2. The topological polar surface area (TPSA) is 69.2 Å². The Balaban J connectivity index is 1.38. The molecule has 1 atom stereocenters. The van der Waals surface area contributed by atoms with Crippen LogP contribution in [-0.2, 0) is 9.02 Å². The molecule has 1 N–H and O–H groups in total. The number of hydrogen-bond acceptors (Lipinski definition) is 6. The molecule has 3 rings (SSSR count). The molecule has 1 unspecified atom stereocenters. The number of oxime groups is 1. The van der Waals surface area contributed by atoms with Crippen LogP contribution in [0.25, 0.3) is 0 Å². The lowest BCUT2D eigenvalue weighted by Gasteiger charge is -2.25. The fraction of sp³-hybridized carbons (Fsp3) is 0.300. The van der Waals surface area contributed by atoms with Gasteiger partial charge in [-0.05, 0) is 55.7 Å².